The number of ether oxygens (including phenoxy) is 1. The van der Waals surface area contributed by atoms with Crippen LogP contribution in [0.3, 0.4) is 0 Å². The predicted octanol–water partition coefficient (Wildman–Crippen LogP) is 3.55. The highest BCUT2D eigenvalue weighted by atomic mass is 32.2. The lowest BCUT2D eigenvalue weighted by Crippen LogP contribution is -2.14. The van der Waals surface area contributed by atoms with E-state index in [1.165, 1.54) is 18.2 Å². The molecule has 0 aliphatic carbocycles. The van der Waals surface area contributed by atoms with Crippen molar-refractivity contribution in [3.63, 3.8) is 0 Å². The fourth-order valence-electron chi connectivity index (χ4n) is 2.42. The molecule has 30 heavy (non-hydrogen) atoms. The van der Waals surface area contributed by atoms with Crippen molar-refractivity contribution in [3.8, 4) is 11.5 Å². The van der Waals surface area contributed by atoms with Crippen molar-refractivity contribution in [2.45, 2.75) is 12.1 Å². The quantitative estimate of drug-likeness (QED) is 0.247. The number of nitrogens with one attached hydrogen (secondary N) is 1. The first-order valence-corrected chi connectivity index (χ1v) is 9.73. The summed E-state index contributed by atoms with van der Waals surface area (Å²) in [5.41, 5.74) is 0.951. The van der Waals surface area contributed by atoms with E-state index in [0.717, 1.165) is 11.8 Å². The molecule has 3 aromatic rings. The molecule has 0 bridgehead atoms. The van der Waals surface area contributed by atoms with Crippen LogP contribution in [-0.2, 0) is 9.53 Å². The van der Waals surface area contributed by atoms with Crippen LogP contribution in [0.15, 0.2) is 58.2 Å². The number of esters is 1. The lowest BCUT2D eigenvalue weighted by atomic mass is 10.2. The Balaban J connectivity index is 1.57. The topological polar surface area (TPSA) is 137 Å². The normalized spacial score (nSPS) is 10.4. The largest absolute Gasteiger partial charge is 0.462 e. The molecule has 0 fully saturated rings. The number of anilines is 1. The lowest BCUT2D eigenvalue weighted by Gasteiger charge is -2.05. The van der Waals surface area contributed by atoms with Crippen LogP contribution in [-0.4, -0.2) is 39.4 Å². The first kappa shape index (κ1) is 21.0. The summed E-state index contributed by atoms with van der Waals surface area (Å²) in [6, 6.07) is 12.3. The number of benzene rings is 2. The molecule has 0 spiro atoms. The third kappa shape index (κ3) is 5.20. The smallest absolute Gasteiger partial charge is 0.338 e. The van der Waals surface area contributed by atoms with Crippen LogP contribution in [0.1, 0.15) is 17.3 Å². The summed E-state index contributed by atoms with van der Waals surface area (Å²) in [4.78, 5) is 34.3. The molecule has 0 atom stereocenters. The molecule has 1 aromatic heterocycles. The minimum absolute atomic E-state index is 0.000220. The molecule has 11 heteroatoms. The zero-order chi connectivity index (χ0) is 21.5. The first-order valence-electron chi connectivity index (χ1n) is 8.75. The van der Waals surface area contributed by atoms with E-state index in [4.69, 9.17) is 9.15 Å². The standard InChI is InChI=1S/C19H16N4O6S/c1-2-28-18(25)12-7-9-13(10-8-12)20-16(24)11-30-19-22-21-17(29-19)14-5-3-4-6-15(14)23(26)27/h3-10H,2,11H2,1H3,(H,20,24). The van der Waals surface area contributed by atoms with Crippen LogP contribution >= 0.6 is 11.8 Å². The number of amides is 1. The van der Waals surface area contributed by atoms with Crippen LogP contribution in [0.2, 0.25) is 0 Å². The second-order valence-corrected chi connectivity index (χ2v) is 6.71. The Hall–Kier alpha value is -3.73. The van der Waals surface area contributed by atoms with Gasteiger partial charge in [0, 0.05) is 11.8 Å². The average molecular weight is 428 g/mol. The Morgan fingerprint density at radius 2 is 1.90 bits per heavy atom. The number of hydrogen-bond donors (Lipinski definition) is 1. The Morgan fingerprint density at radius 3 is 2.60 bits per heavy atom. The van der Waals surface area contributed by atoms with Crippen molar-refractivity contribution in [2.24, 2.45) is 0 Å². The predicted molar refractivity (Wildman–Crippen MR) is 108 cm³/mol. The highest BCUT2D eigenvalue weighted by molar-refractivity contribution is 7.99. The van der Waals surface area contributed by atoms with E-state index in [2.05, 4.69) is 15.5 Å². The Bertz CT molecular complexity index is 1070. The third-order valence-electron chi connectivity index (χ3n) is 3.74. The molecular weight excluding hydrogens is 412 g/mol. The van der Waals surface area contributed by atoms with Gasteiger partial charge in [0.1, 0.15) is 5.56 Å². The van der Waals surface area contributed by atoms with Crippen molar-refractivity contribution in [1.82, 2.24) is 10.2 Å². The zero-order valence-corrected chi connectivity index (χ0v) is 16.5. The summed E-state index contributed by atoms with van der Waals surface area (Å²) in [6.07, 6.45) is 0. The Morgan fingerprint density at radius 1 is 1.17 bits per heavy atom. The van der Waals surface area contributed by atoms with Crippen LogP contribution in [0.25, 0.3) is 11.5 Å². The molecule has 0 unspecified atom stereocenters. The van der Waals surface area contributed by atoms with Gasteiger partial charge >= 0.3 is 5.97 Å². The molecule has 1 N–H and O–H groups in total. The van der Waals surface area contributed by atoms with Crippen molar-refractivity contribution >= 4 is 35.0 Å². The summed E-state index contributed by atoms with van der Waals surface area (Å²) in [5, 5.41) is 21.5. The summed E-state index contributed by atoms with van der Waals surface area (Å²) in [5.74, 6) is -0.774. The van der Waals surface area contributed by atoms with Gasteiger partial charge < -0.3 is 14.5 Å². The van der Waals surface area contributed by atoms with E-state index >= 15 is 0 Å². The maximum atomic E-state index is 12.1. The molecular formula is C19H16N4O6S. The molecule has 0 saturated carbocycles. The third-order valence-corrected chi connectivity index (χ3v) is 4.56. The molecule has 2 aromatic carbocycles. The van der Waals surface area contributed by atoms with Gasteiger partial charge in [-0.3, -0.25) is 14.9 Å². The molecule has 0 aliphatic heterocycles. The van der Waals surface area contributed by atoms with Crippen LogP contribution < -0.4 is 5.32 Å². The molecule has 1 heterocycles. The lowest BCUT2D eigenvalue weighted by molar-refractivity contribution is -0.384. The van der Waals surface area contributed by atoms with Gasteiger partial charge in [-0.05, 0) is 37.3 Å². The van der Waals surface area contributed by atoms with Crippen molar-refractivity contribution in [1.29, 1.82) is 0 Å². The number of carbonyl (C=O) groups excluding carboxylic acids is 2. The van der Waals surface area contributed by atoms with Gasteiger partial charge in [0.2, 0.25) is 5.91 Å². The highest BCUT2D eigenvalue weighted by Crippen LogP contribution is 2.30. The van der Waals surface area contributed by atoms with Crippen molar-refractivity contribution < 1.29 is 23.7 Å². The number of carbonyl (C=O) groups is 2. The highest BCUT2D eigenvalue weighted by Gasteiger charge is 2.20. The van der Waals surface area contributed by atoms with Crippen LogP contribution in [0, 0.1) is 10.1 Å². The monoisotopic (exact) mass is 428 g/mol. The minimum atomic E-state index is -0.535. The number of nitro groups is 1. The number of para-hydroxylation sites is 1. The molecule has 0 radical (unpaired) electrons. The number of aromatic nitrogens is 2. The van der Waals surface area contributed by atoms with Gasteiger partial charge in [-0.15, -0.1) is 10.2 Å². The van der Waals surface area contributed by atoms with Crippen molar-refractivity contribution in [3.05, 3.63) is 64.2 Å². The maximum absolute atomic E-state index is 12.1. The Kier molecular flexibility index (Phi) is 6.75. The zero-order valence-electron chi connectivity index (χ0n) is 15.7. The van der Waals surface area contributed by atoms with E-state index in [0.29, 0.717) is 11.3 Å². The second-order valence-electron chi connectivity index (χ2n) is 5.78. The van der Waals surface area contributed by atoms with E-state index in [1.807, 2.05) is 0 Å². The minimum Gasteiger partial charge on any atom is -0.462 e. The molecule has 0 aliphatic rings. The molecule has 154 valence electrons. The average Bonchev–Trinajstić information content (AvgIpc) is 3.22. The maximum Gasteiger partial charge on any atom is 0.338 e. The van der Waals surface area contributed by atoms with E-state index < -0.39 is 10.9 Å². The molecule has 0 saturated heterocycles. The number of nitro benzene ring substituents is 1. The SMILES string of the molecule is CCOC(=O)c1ccc(NC(=O)CSc2nnc(-c3ccccc3[N+](=O)[O-])o2)cc1. The number of thioether (sulfide) groups is 1. The molecule has 1 amide bonds. The summed E-state index contributed by atoms with van der Waals surface area (Å²) < 4.78 is 10.3. The van der Waals surface area contributed by atoms with Crippen LogP contribution in [0.5, 0.6) is 0 Å². The first-order chi connectivity index (χ1) is 14.5. The fraction of sp³-hybridized carbons (Fsp3) is 0.158. The van der Waals surface area contributed by atoms with Gasteiger partial charge in [-0.1, -0.05) is 23.9 Å². The van der Waals surface area contributed by atoms with Gasteiger partial charge in [0.15, 0.2) is 0 Å². The fourth-order valence-corrected chi connectivity index (χ4v) is 2.98. The summed E-state index contributed by atoms with van der Waals surface area (Å²) in [7, 11) is 0. The van der Waals surface area contributed by atoms with Gasteiger partial charge in [-0.25, -0.2) is 4.79 Å². The number of rotatable bonds is 8. The van der Waals surface area contributed by atoms with Crippen molar-refractivity contribution in [2.75, 3.05) is 17.7 Å². The number of hydrogen-bond acceptors (Lipinski definition) is 9. The van der Waals surface area contributed by atoms with Gasteiger partial charge in [0.05, 0.1) is 22.8 Å². The van der Waals surface area contributed by atoms with E-state index in [9.17, 15) is 19.7 Å². The van der Waals surface area contributed by atoms with Crippen LogP contribution in [0.4, 0.5) is 11.4 Å². The summed E-state index contributed by atoms with van der Waals surface area (Å²) in [6.45, 7) is 2.00. The van der Waals surface area contributed by atoms with E-state index in [-0.39, 0.29) is 40.6 Å². The second kappa shape index (κ2) is 9.65. The summed E-state index contributed by atoms with van der Waals surface area (Å²) >= 11 is 0.996. The van der Waals surface area contributed by atoms with E-state index in [1.54, 1.807) is 37.3 Å². The van der Waals surface area contributed by atoms with Gasteiger partial charge in [0.25, 0.3) is 16.8 Å². The van der Waals surface area contributed by atoms with Gasteiger partial charge in [-0.2, -0.15) is 0 Å². The molecule has 10 nitrogen and oxygen atoms in total. The molecule has 3 rings (SSSR count). The Labute approximate surface area is 174 Å². The number of nitrogens with zero attached hydrogens (tertiary/aromatic N) is 3.